The fourth-order valence-electron chi connectivity index (χ4n) is 1.02. The minimum absolute atomic E-state index is 0.329. The lowest BCUT2D eigenvalue weighted by Gasteiger charge is -2.40. The second kappa shape index (κ2) is 5.32. The van der Waals surface area contributed by atoms with Crippen LogP contribution in [0, 0.1) is 0 Å². The molecule has 0 radical (unpaired) electrons. The summed E-state index contributed by atoms with van der Waals surface area (Å²) in [6.45, 7) is 0. The van der Waals surface area contributed by atoms with Gasteiger partial charge in [0.25, 0.3) is 0 Å². The second-order valence-corrected chi connectivity index (χ2v) is 3.74. The zero-order chi connectivity index (χ0) is 18.4. The van der Waals surface area contributed by atoms with Crippen LogP contribution in [0.3, 0.4) is 0 Å². The molecule has 0 rings (SSSR count). The third kappa shape index (κ3) is 2.49. The summed E-state index contributed by atoms with van der Waals surface area (Å²) in [6, 6.07) is 0. The maximum Gasteiger partial charge on any atom is 0.425 e. The highest BCUT2D eigenvalue weighted by molar-refractivity contribution is 5.08. The first-order chi connectivity index (χ1) is 9.37. The molecular formula is C8H6F12O2. The predicted octanol–water partition coefficient (Wildman–Crippen LogP) is 4.01. The molecule has 0 aliphatic rings. The lowest BCUT2D eigenvalue weighted by atomic mass is 9.97. The molecule has 2 nitrogen and oxygen atoms in total. The summed E-state index contributed by atoms with van der Waals surface area (Å²) in [7, 11) is -0.659. The molecule has 0 saturated carbocycles. The van der Waals surface area contributed by atoms with Gasteiger partial charge in [-0.1, -0.05) is 0 Å². The third-order valence-electron chi connectivity index (χ3n) is 2.43. The Hall–Kier alpha value is -0.920. The van der Waals surface area contributed by atoms with Crippen LogP contribution in [0.2, 0.25) is 0 Å². The van der Waals surface area contributed by atoms with Gasteiger partial charge in [0.05, 0.1) is 0 Å². The van der Waals surface area contributed by atoms with Crippen LogP contribution in [0.5, 0.6) is 0 Å². The van der Waals surface area contributed by atoms with E-state index in [2.05, 4.69) is 9.47 Å². The zero-order valence-corrected chi connectivity index (χ0v) is 10.4. The minimum atomic E-state index is -7.63. The molecule has 0 aromatic heterocycles. The Morgan fingerprint density at radius 3 is 0.727 bits per heavy atom. The van der Waals surface area contributed by atoms with Crippen molar-refractivity contribution in [2.45, 2.75) is 35.9 Å². The first-order valence-electron chi connectivity index (χ1n) is 4.74. The van der Waals surface area contributed by atoms with Crippen LogP contribution in [-0.4, -0.2) is 50.1 Å². The Labute approximate surface area is 114 Å². The standard InChI is InChI=1S/C8H6F12O2/c1-21-7(17,18)5(13,14)3(9,10)4(11,12)6(15,16)8(19,20)22-2/h1-2H3. The van der Waals surface area contributed by atoms with Gasteiger partial charge in [-0.3, -0.25) is 0 Å². The number of methoxy groups -OCH3 is 2. The van der Waals surface area contributed by atoms with Gasteiger partial charge >= 0.3 is 35.9 Å². The summed E-state index contributed by atoms with van der Waals surface area (Å²) in [5.74, 6) is -29.8. The van der Waals surface area contributed by atoms with Crippen LogP contribution >= 0.6 is 0 Å². The monoisotopic (exact) mass is 362 g/mol. The van der Waals surface area contributed by atoms with Crippen LogP contribution in [0.1, 0.15) is 0 Å². The van der Waals surface area contributed by atoms with E-state index < -0.39 is 35.9 Å². The normalized spacial score (nSPS) is 16.1. The van der Waals surface area contributed by atoms with Crippen LogP contribution < -0.4 is 0 Å². The molecule has 0 amide bonds. The molecule has 0 fully saturated rings. The zero-order valence-electron chi connectivity index (χ0n) is 10.4. The van der Waals surface area contributed by atoms with E-state index in [0.717, 1.165) is 0 Å². The number of rotatable bonds is 7. The molecular weight excluding hydrogens is 356 g/mol. The molecule has 14 heteroatoms. The van der Waals surface area contributed by atoms with Crippen LogP contribution in [0.15, 0.2) is 0 Å². The highest BCUT2D eigenvalue weighted by atomic mass is 19.4. The molecule has 0 saturated heterocycles. The Morgan fingerprint density at radius 1 is 0.409 bits per heavy atom. The van der Waals surface area contributed by atoms with Gasteiger partial charge in [-0.25, -0.2) is 0 Å². The molecule has 0 heterocycles. The van der Waals surface area contributed by atoms with Gasteiger partial charge in [0.2, 0.25) is 0 Å². The van der Waals surface area contributed by atoms with E-state index in [9.17, 15) is 52.7 Å². The van der Waals surface area contributed by atoms with E-state index in [-0.39, 0.29) is 14.2 Å². The number of alkyl halides is 12. The van der Waals surface area contributed by atoms with Gasteiger partial charge in [-0.15, -0.1) is 0 Å². The third-order valence-corrected chi connectivity index (χ3v) is 2.43. The van der Waals surface area contributed by atoms with Crippen molar-refractivity contribution in [3.8, 4) is 0 Å². The summed E-state index contributed by atoms with van der Waals surface area (Å²) in [6.07, 6.45) is -12.7. The number of hydrogen-bond acceptors (Lipinski definition) is 2. The summed E-state index contributed by atoms with van der Waals surface area (Å²) in [4.78, 5) is 0. The molecule has 0 atom stereocenters. The average Bonchev–Trinajstić information content (AvgIpc) is 2.37. The highest BCUT2D eigenvalue weighted by Crippen LogP contribution is 2.60. The van der Waals surface area contributed by atoms with Crippen molar-refractivity contribution in [2.24, 2.45) is 0 Å². The Balaban J connectivity index is 6.19. The van der Waals surface area contributed by atoms with Gasteiger partial charge in [0.1, 0.15) is 0 Å². The smallest absolute Gasteiger partial charge is 0.319 e. The lowest BCUT2D eigenvalue weighted by Crippen LogP contribution is -2.71. The van der Waals surface area contributed by atoms with Crippen LogP contribution in [0.4, 0.5) is 52.7 Å². The topological polar surface area (TPSA) is 18.5 Å². The van der Waals surface area contributed by atoms with E-state index in [1.165, 1.54) is 0 Å². The summed E-state index contributed by atoms with van der Waals surface area (Å²) in [5, 5.41) is 0. The molecule has 22 heavy (non-hydrogen) atoms. The molecule has 134 valence electrons. The first kappa shape index (κ1) is 21.1. The van der Waals surface area contributed by atoms with Crippen molar-refractivity contribution in [2.75, 3.05) is 14.2 Å². The van der Waals surface area contributed by atoms with Crippen molar-refractivity contribution in [3.63, 3.8) is 0 Å². The highest BCUT2D eigenvalue weighted by Gasteiger charge is 2.91. The quantitative estimate of drug-likeness (QED) is 0.638. The van der Waals surface area contributed by atoms with Gasteiger partial charge in [0, 0.05) is 14.2 Å². The second-order valence-electron chi connectivity index (χ2n) is 3.74. The van der Waals surface area contributed by atoms with E-state index in [4.69, 9.17) is 0 Å². The van der Waals surface area contributed by atoms with Crippen molar-refractivity contribution in [1.82, 2.24) is 0 Å². The van der Waals surface area contributed by atoms with Gasteiger partial charge in [-0.05, 0) is 0 Å². The Kier molecular flexibility index (Phi) is 5.09. The largest absolute Gasteiger partial charge is 0.425 e. The summed E-state index contributed by atoms with van der Waals surface area (Å²) in [5.41, 5.74) is 0. The maximum atomic E-state index is 12.9. The summed E-state index contributed by atoms with van der Waals surface area (Å²) < 4.78 is 158. The van der Waals surface area contributed by atoms with E-state index in [1.54, 1.807) is 0 Å². The van der Waals surface area contributed by atoms with Gasteiger partial charge in [-0.2, -0.15) is 52.7 Å². The molecule has 0 unspecified atom stereocenters. The average molecular weight is 362 g/mol. The van der Waals surface area contributed by atoms with Crippen molar-refractivity contribution in [3.05, 3.63) is 0 Å². The fourth-order valence-corrected chi connectivity index (χ4v) is 1.02. The predicted molar refractivity (Wildman–Crippen MR) is 43.7 cm³/mol. The first-order valence-corrected chi connectivity index (χ1v) is 4.74. The molecule has 0 aliphatic heterocycles. The fraction of sp³-hybridized carbons (Fsp3) is 1.00. The molecule has 0 aromatic rings. The molecule has 0 bridgehead atoms. The van der Waals surface area contributed by atoms with E-state index >= 15 is 0 Å². The number of ether oxygens (including phenoxy) is 2. The van der Waals surface area contributed by atoms with Gasteiger partial charge < -0.3 is 9.47 Å². The van der Waals surface area contributed by atoms with Crippen molar-refractivity contribution >= 4 is 0 Å². The summed E-state index contributed by atoms with van der Waals surface area (Å²) >= 11 is 0. The number of hydrogen-bond donors (Lipinski definition) is 0. The van der Waals surface area contributed by atoms with Crippen LogP contribution in [-0.2, 0) is 9.47 Å². The van der Waals surface area contributed by atoms with Crippen molar-refractivity contribution in [1.29, 1.82) is 0 Å². The Morgan fingerprint density at radius 2 is 0.591 bits per heavy atom. The maximum absolute atomic E-state index is 12.9. The minimum Gasteiger partial charge on any atom is -0.319 e. The Bertz CT molecular complexity index is 366. The molecule has 0 aliphatic carbocycles. The number of halogens is 12. The van der Waals surface area contributed by atoms with E-state index in [1.807, 2.05) is 0 Å². The SMILES string of the molecule is COC(F)(F)C(F)(F)C(F)(F)C(F)(F)C(F)(F)C(F)(F)OC. The molecule has 0 spiro atoms. The van der Waals surface area contributed by atoms with Crippen LogP contribution in [0.25, 0.3) is 0 Å². The molecule has 0 aromatic carbocycles. The van der Waals surface area contributed by atoms with Crippen molar-refractivity contribution < 1.29 is 62.2 Å². The lowest BCUT2D eigenvalue weighted by molar-refractivity contribution is -0.472. The van der Waals surface area contributed by atoms with Gasteiger partial charge in [0.15, 0.2) is 0 Å². The molecule has 0 N–H and O–H groups in total. The van der Waals surface area contributed by atoms with E-state index in [0.29, 0.717) is 0 Å².